The van der Waals surface area contributed by atoms with Crippen molar-refractivity contribution in [1.29, 1.82) is 0 Å². The molecule has 1 aromatic rings. The van der Waals surface area contributed by atoms with Crippen molar-refractivity contribution in [2.45, 2.75) is 45.2 Å². The lowest BCUT2D eigenvalue weighted by Gasteiger charge is -2.28. The molecular formula is C13H21NO3S. The van der Waals surface area contributed by atoms with Crippen LogP contribution in [0.5, 0.6) is 0 Å². The zero-order valence-electron chi connectivity index (χ0n) is 10.9. The summed E-state index contributed by atoms with van der Waals surface area (Å²) in [4.78, 5) is 12.6. The summed E-state index contributed by atoms with van der Waals surface area (Å²) in [5.74, 6) is -0.796. The molecule has 1 aromatic heterocycles. The number of carbonyl (C=O) groups is 1. The van der Waals surface area contributed by atoms with Gasteiger partial charge in [-0.15, -0.1) is 11.3 Å². The van der Waals surface area contributed by atoms with Crippen molar-refractivity contribution in [3.05, 3.63) is 21.9 Å². The Labute approximate surface area is 112 Å². The highest BCUT2D eigenvalue weighted by molar-refractivity contribution is 7.12. The highest BCUT2D eigenvalue weighted by Crippen LogP contribution is 2.20. The van der Waals surface area contributed by atoms with Crippen LogP contribution in [0.2, 0.25) is 0 Å². The van der Waals surface area contributed by atoms with Gasteiger partial charge in [-0.3, -0.25) is 4.79 Å². The lowest BCUT2D eigenvalue weighted by molar-refractivity contribution is -0.136. The van der Waals surface area contributed by atoms with Gasteiger partial charge in [-0.1, -0.05) is 6.92 Å². The van der Waals surface area contributed by atoms with Gasteiger partial charge in [0, 0.05) is 28.4 Å². The molecule has 0 spiro atoms. The summed E-state index contributed by atoms with van der Waals surface area (Å²) in [5.41, 5.74) is -0.0638. The van der Waals surface area contributed by atoms with E-state index in [1.165, 1.54) is 11.3 Å². The number of hydrogen-bond donors (Lipinski definition) is 3. The summed E-state index contributed by atoms with van der Waals surface area (Å²) >= 11 is 1.52. The van der Waals surface area contributed by atoms with Crippen LogP contribution in [-0.2, 0) is 17.8 Å². The number of carboxylic acids is 1. The minimum absolute atomic E-state index is 0.0638. The van der Waals surface area contributed by atoms with E-state index in [0.717, 1.165) is 22.6 Å². The van der Waals surface area contributed by atoms with Gasteiger partial charge >= 0.3 is 5.97 Å². The van der Waals surface area contributed by atoms with Crippen LogP contribution in [0.4, 0.5) is 0 Å². The van der Waals surface area contributed by atoms with Gasteiger partial charge < -0.3 is 15.5 Å². The average molecular weight is 271 g/mol. The number of aliphatic carboxylic acids is 1. The Morgan fingerprint density at radius 1 is 1.44 bits per heavy atom. The van der Waals surface area contributed by atoms with Crippen LogP contribution in [0.25, 0.3) is 0 Å². The van der Waals surface area contributed by atoms with Crippen molar-refractivity contribution in [1.82, 2.24) is 5.32 Å². The smallest absolute Gasteiger partial charge is 0.308 e. The van der Waals surface area contributed by atoms with Crippen LogP contribution in [0.3, 0.4) is 0 Å². The van der Waals surface area contributed by atoms with Crippen molar-refractivity contribution in [2.24, 2.45) is 0 Å². The highest BCUT2D eigenvalue weighted by atomic mass is 32.1. The fourth-order valence-electron chi connectivity index (χ4n) is 1.70. The standard InChI is InChI=1S/C13H21NO3S/c1-3-13(2,6-7-15)14-9-11-5-4-10(18-11)8-12(16)17/h4-5,14-15H,3,6-9H2,1-2H3,(H,16,17). The van der Waals surface area contributed by atoms with Crippen molar-refractivity contribution in [3.63, 3.8) is 0 Å². The van der Waals surface area contributed by atoms with Gasteiger partial charge in [0.05, 0.1) is 6.42 Å². The molecule has 5 heteroatoms. The number of rotatable bonds is 8. The molecule has 0 aliphatic heterocycles. The second kappa shape index (κ2) is 6.87. The molecule has 4 nitrogen and oxygen atoms in total. The zero-order valence-corrected chi connectivity index (χ0v) is 11.7. The Bertz CT molecular complexity index is 391. The van der Waals surface area contributed by atoms with Crippen LogP contribution < -0.4 is 5.32 Å². The fourth-order valence-corrected chi connectivity index (χ4v) is 2.65. The lowest BCUT2D eigenvalue weighted by Crippen LogP contribution is -2.41. The van der Waals surface area contributed by atoms with E-state index < -0.39 is 5.97 Å². The number of aliphatic hydroxyl groups is 1. The van der Waals surface area contributed by atoms with Crippen molar-refractivity contribution < 1.29 is 15.0 Å². The molecule has 0 aliphatic carbocycles. The molecule has 1 heterocycles. The molecule has 0 bridgehead atoms. The molecule has 0 radical (unpaired) electrons. The first kappa shape index (κ1) is 15.1. The van der Waals surface area contributed by atoms with E-state index in [-0.39, 0.29) is 18.6 Å². The number of thiophene rings is 1. The quantitative estimate of drug-likeness (QED) is 0.676. The summed E-state index contributed by atoms with van der Waals surface area (Å²) in [6, 6.07) is 3.83. The van der Waals surface area contributed by atoms with E-state index in [2.05, 4.69) is 19.2 Å². The van der Waals surface area contributed by atoms with Gasteiger partial charge in [-0.2, -0.15) is 0 Å². The van der Waals surface area contributed by atoms with Gasteiger partial charge in [0.1, 0.15) is 0 Å². The molecule has 0 aromatic carbocycles. The summed E-state index contributed by atoms with van der Waals surface area (Å²) in [6.07, 6.45) is 1.75. The van der Waals surface area contributed by atoms with E-state index in [9.17, 15) is 4.79 Å². The first-order chi connectivity index (χ1) is 8.49. The molecule has 1 atom stereocenters. The Hall–Kier alpha value is -0.910. The summed E-state index contributed by atoms with van der Waals surface area (Å²) in [5, 5.41) is 21.2. The van der Waals surface area contributed by atoms with Crippen LogP contribution >= 0.6 is 11.3 Å². The Balaban J connectivity index is 2.52. The van der Waals surface area contributed by atoms with E-state index in [1.54, 1.807) is 0 Å². The third kappa shape index (κ3) is 4.76. The third-order valence-electron chi connectivity index (χ3n) is 3.18. The van der Waals surface area contributed by atoms with E-state index in [1.807, 2.05) is 12.1 Å². The van der Waals surface area contributed by atoms with Gasteiger partial charge in [0.15, 0.2) is 0 Å². The molecule has 3 N–H and O–H groups in total. The molecule has 0 amide bonds. The zero-order chi connectivity index (χ0) is 13.6. The molecule has 0 saturated heterocycles. The molecule has 18 heavy (non-hydrogen) atoms. The Morgan fingerprint density at radius 2 is 2.11 bits per heavy atom. The van der Waals surface area contributed by atoms with Gasteiger partial charge in [0.25, 0.3) is 0 Å². The van der Waals surface area contributed by atoms with E-state index in [4.69, 9.17) is 10.2 Å². The van der Waals surface area contributed by atoms with Crippen molar-refractivity contribution in [2.75, 3.05) is 6.61 Å². The Kier molecular flexibility index (Phi) is 5.78. The number of hydrogen-bond acceptors (Lipinski definition) is 4. The molecular weight excluding hydrogens is 250 g/mol. The van der Waals surface area contributed by atoms with Crippen molar-refractivity contribution in [3.8, 4) is 0 Å². The van der Waals surface area contributed by atoms with Crippen molar-refractivity contribution >= 4 is 17.3 Å². The summed E-state index contributed by atoms with van der Waals surface area (Å²) < 4.78 is 0. The minimum atomic E-state index is -0.796. The molecule has 102 valence electrons. The monoisotopic (exact) mass is 271 g/mol. The molecule has 1 rings (SSSR count). The largest absolute Gasteiger partial charge is 0.481 e. The lowest BCUT2D eigenvalue weighted by atomic mass is 9.95. The number of nitrogens with one attached hydrogen (secondary N) is 1. The van der Waals surface area contributed by atoms with Gasteiger partial charge in [0.2, 0.25) is 0 Å². The highest BCUT2D eigenvalue weighted by Gasteiger charge is 2.20. The first-order valence-corrected chi connectivity index (χ1v) is 6.96. The predicted molar refractivity (Wildman–Crippen MR) is 72.9 cm³/mol. The maximum absolute atomic E-state index is 10.6. The van der Waals surface area contributed by atoms with Crippen LogP contribution in [-0.4, -0.2) is 28.3 Å². The topological polar surface area (TPSA) is 69.6 Å². The second-order valence-electron chi connectivity index (χ2n) is 4.68. The van der Waals surface area contributed by atoms with E-state index >= 15 is 0 Å². The van der Waals surface area contributed by atoms with Crippen LogP contribution in [0.15, 0.2) is 12.1 Å². The predicted octanol–water partition coefficient (Wildman–Crippen LogP) is 2.02. The van der Waals surface area contributed by atoms with Crippen LogP contribution in [0, 0.1) is 0 Å². The first-order valence-electron chi connectivity index (χ1n) is 6.14. The SMILES string of the molecule is CCC(C)(CCO)NCc1ccc(CC(=O)O)s1. The average Bonchev–Trinajstić information content (AvgIpc) is 2.74. The number of aliphatic hydroxyl groups excluding tert-OH is 1. The van der Waals surface area contributed by atoms with Gasteiger partial charge in [-0.25, -0.2) is 0 Å². The molecule has 0 saturated carbocycles. The summed E-state index contributed by atoms with van der Waals surface area (Å²) in [7, 11) is 0. The molecule has 0 aliphatic rings. The minimum Gasteiger partial charge on any atom is -0.481 e. The fraction of sp³-hybridized carbons (Fsp3) is 0.615. The van der Waals surface area contributed by atoms with Gasteiger partial charge in [-0.05, 0) is 31.9 Å². The third-order valence-corrected chi connectivity index (χ3v) is 4.26. The molecule has 1 unspecified atom stereocenters. The normalized spacial score (nSPS) is 14.4. The second-order valence-corrected chi connectivity index (χ2v) is 5.93. The number of carboxylic acid groups (broad SMARTS) is 1. The Morgan fingerprint density at radius 3 is 2.67 bits per heavy atom. The summed E-state index contributed by atoms with van der Waals surface area (Å²) in [6.45, 7) is 5.07. The molecule has 0 fully saturated rings. The maximum atomic E-state index is 10.6. The van der Waals surface area contributed by atoms with E-state index in [0.29, 0.717) is 6.54 Å². The van der Waals surface area contributed by atoms with Crippen LogP contribution in [0.1, 0.15) is 36.4 Å². The maximum Gasteiger partial charge on any atom is 0.308 e.